The molecule has 1 aliphatic rings. The fourth-order valence-electron chi connectivity index (χ4n) is 2.52. The molecule has 204 valence electrons. The van der Waals surface area contributed by atoms with Gasteiger partial charge in [-0.15, -0.1) is 12.5 Å². The van der Waals surface area contributed by atoms with Gasteiger partial charge in [-0.25, -0.2) is 11.3 Å². The van der Waals surface area contributed by atoms with E-state index in [2.05, 4.69) is 16.5 Å². The Hall–Kier alpha value is 0.671. The third-order valence-corrected chi connectivity index (χ3v) is 5.34. The zero-order chi connectivity index (χ0) is 23.4. The van der Waals surface area contributed by atoms with Gasteiger partial charge in [0.25, 0.3) is 0 Å². The molecule has 1 saturated heterocycles. The number of aromatic nitrogens is 1. The Labute approximate surface area is 287 Å². The normalized spacial score (nSPS) is 15.7. The third-order valence-electron chi connectivity index (χ3n) is 4.56. The van der Waals surface area contributed by atoms with E-state index in [1.165, 1.54) is 22.2 Å². The molecule has 2 amide bonds. The number of thiazole rings is 1. The van der Waals surface area contributed by atoms with Crippen molar-refractivity contribution >= 4 is 23.7 Å². The van der Waals surface area contributed by atoms with Crippen LogP contribution in [0.5, 0.6) is 0 Å². The van der Waals surface area contributed by atoms with Gasteiger partial charge in [0.05, 0.1) is 6.10 Å². The SMILES string of the molecule is CC.C[C-](C)C(C)[NH-].O=CN1CC(O)CC1C(=O)N[CH-]c1ccc(-c2[c-]ncs2)cc1.[CH3-].[Re].[Re].[Re].[Y]. The predicted molar refractivity (Wildman–Crippen MR) is 131 cm³/mol. The van der Waals surface area contributed by atoms with Crippen LogP contribution in [-0.2, 0) is 104 Å². The van der Waals surface area contributed by atoms with Gasteiger partial charge in [-0.3, -0.25) is 15.6 Å². The number of benzene rings is 1. The molecule has 1 aliphatic heterocycles. The van der Waals surface area contributed by atoms with E-state index in [0.29, 0.717) is 6.41 Å². The molecule has 2 heterocycles. The summed E-state index contributed by atoms with van der Waals surface area (Å²) in [6.07, 6.45) is 3.12. The molecule has 0 aliphatic carbocycles. The number of β-amino-alcohol motifs (C(OH)–C–C–N with tert-alkyl or cyclic N) is 1. The van der Waals surface area contributed by atoms with Crippen molar-refractivity contribution in [3.8, 4) is 10.4 Å². The smallest absolute Gasteiger partial charge is 0.236 e. The van der Waals surface area contributed by atoms with Crippen molar-refractivity contribution in [2.24, 2.45) is 0 Å². The number of likely N-dealkylation sites (tertiary alicyclic amines) is 1. The number of hydrogen-bond donors (Lipinski definition) is 2. The number of aliphatic hydroxyl groups excluding tert-OH is 1. The van der Waals surface area contributed by atoms with Gasteiger partial charge in [-0.2, -0.15) is 43.7 Å². The van der Waals surface area contributed by atoms with Crippen molar-refractivity contribution in [2.75, 3.05) is 6.54 Å². The summed E-state index contributed by atoms with van der Waals surface area (Å²) in [6.45, 7) is 11.6. The number of nitrogens with zero attached hydrogens (tertiary/aromatic N) is 2. The minimum absolute atomic E-state index is 0. The third kappa shape index (κ3) is 16.6. The first-order chi connectivity index (χ1) is 14.8. The van der Waals surface area contributed by atoms with E-state index < -0.39 is 12.1 Å². The number of aliphatic hydroxyl groups is 1. The molecule has 12 heteroatoms. The molecule has 1 aromatic heterocycles. The molecule has 3 unspecified atom stereocenters. The predicted octanol–water partition coefficient (Wildman–Crippen LogP) is 4.34. The van der Waals surface area contributed by atoms with E-state index in [1.807, 2.05) is 58.9 Å². The van der Waals surface area contributed by atoms with E-state index >= 15 is 0 Å². The summed E-state index contributed by atoms with van der Waals surface area (Å²) in [5, 5.41) is 12.2. The standard InChI is InChI=1S/C16H15N3O3S.C5H11N.C2H6.CH3.3Re.Y/c20-10-19-8-13(21)5-14(19)16(22)18-6-11-1-3-12(4-2-11)15-7-17-9-23-15;1-4(2)5(3)6;1-2;;;;;/h1-4,6,9-10,13-14,21H,5,8H2,(H,18,22);5-6H,1-3H3;1-2H3;1H3;;;;/q2*-2;;-1;;;;. The van der Waals surface area contributed by atoms with Crippen LogP contribution in [0, 0.1) is 26.1 Å². The Morgan fingerprint density at radius 1 is 1.31 bits per heavy atom. The van der Waals surface area contributed by atoms with Crippen molar-refractivity contribution in [1.82, 2.24) is 15.2 Å². The van der Waals surface area contributed by atoms with Crippen LogP contribution in [0.1, 0.15) is 46.6 Å². The number of nitrogens with one attached hydrogen (secondary N) is 2. The van der Waals surface area contributed by atoms with Crippen LogP contribution >= 0.6 is 11.3 Å². The first kappa shape index (κ1) is 46.5. The van der Waals surface area contributed by atoms with Gasteiger partial charge < -0.3 is 39.4 Å². The van der Waals surface area contributed by atoms with Crippen LogP contribution in [0.3, 0.4) is 0 Å². The molecule has 0 spiro atoms. The maximum absolute atomic E-state index is 12.1. The van der Waals surface area contributed by atoms with Gasteiger partial charge in [0, 0.05) is 107 Å². The van der Waals surface area contributed by atoms with Gasteiger partial charge in [0.2, 0.25) is 12.3 Å². The fourth-order valence-corrected chi connectivity index (χ4v) is 3.11. The van der Waals surface area contributed by atoms with E-state index in [0.717, 1.165) is 16.0 Å². The molecule has 2 aromatic rings. The molecule has 0 bridgehead atoms. The molecule has 1 aromatic carbocycles. The second kappa shape index (κ2) is 25.9. The quantitative estimate of drug-likeness (QED) is 0.332. The molecule has 3 rings (SSSR count). The van der Waals surface area contributed by atoms with Gasteiger partial charge >= 0.3 is 0 Å². The zero-order valence-corrected chi connectivity index (χ0v) is 33.3. The molecule has 7 nitrogen and oxygen atoms in total. The summed E-state index contributed by atoms with van der Waals surface area (Å²) in [7, 11) is 0. The summed E-state index contributed by atoms with van der Waals surface area (Å²) in [5.41, 5.74) is 10.6. The van der Waals surface area contributed by atoms with Crippen molar-refractivity contribution in [3.05, 3.63) is 67.2 Å². The molecule has 3 atom stereocenters. The van der Waals surface area contributed by atoms with Crippen molar-refractivity contribution < 1.29 is 109 Å². The Morgan fingerprint density at radius 3 is 2.25 bits per heavy atom. The first-order valence-corrected chi connectivity index (χ1v) is 11.1. The molecule has 0 saturated carbocycles. The average Bonchev–Trinajstić information content (AvgIpc) is 3.44. The van der Waals surface area contributed by atoms with E-state index in [-0.39, 0.29) is 126 Å². The van der Waals surface area contributed by atoms with Crippen LogP contribution in [0.25, 0.3) is 16.2 Å². The summed E-state index contributed by atoms with van der Waals surface area (Å²) in [6, 6.07) is 7.02. The van der Waals surface area contributed by atoms with Crippen LogP contribution < -0.4 is 5.32 Å². The molecular weight excluding hydrogens is 1070 g/mol. The topological polar surface area (TPSA) is 106 Å². The number of rotatable bonds is 6. The second-order valence-electron chi connectivity index (χ2n) is 7.07. The average molecular weight is 1110 g/mol. The Bertz CT molecular complexity index is 779. The molecule has 4 radical (unpaired) electrons. The maximum Gasteiger partial charge on any atom is 0.236 e. The fraction of sp³-hybridized carbons (Fsp3) is 0.417. The van der Waals surface area contributed by atoms with E-state index in [9.17, 15) is 14.7 Å². The van der Waals surface area contributed by atoms with Crippen molar-refractivity contribution in [2.45, 2.75) is 59.2 Å². The van der Waals surface area contributed by atoms with Crippen LogP contribution in [-0.4, -0.2) is 52.0 Å². The summed E-state index contributed by atoms with van der Waals surface area (Å²) < 4.78 is 0. The van der Waals surface area contributed by atoms with Crippen molar-refractivity contribution in [3.63, 3.8) is 0 Å². The molecule has 3 N–H and O–H groups in total. The number of carbonyl (C=O) groups is 2. The van der Waals surface area contributed by atoms with Crippen LogP contribution in [0.4, 0.5) is 0 Å². The van der Waals surface area contributed by atoms with Gasteiger partial charge in [0.15, 0.2) is 0 Å². The summed E-state index contributed by atoms with van der Waals surface area (Å²) >= 11 is 1.51. The number of carbonyl (C=O) groups excluding carboxylic acids is 2. The first-order valence-electron chi connectivity index (χ1n) is 10.3. The van der Waals surface area contributed by atoms with Gasteiger partial charge in [-0.05, 0) is 5.51 Å². The molecule has 36 heavy (non-hydrogen) atoms. The second-order valence-corrected chi connectivity index (χ2v) is 7.93. The molecule has 1 fully saturated rings. The molecular formula is C24H35N4O3Re3SY-5. The number of amides is 2. The zero-order valence-electron chi connectivity index (χ0n) is 21.5. The monoisotopic (exact) mass is 1110 g/mol. The van der Waals surface area contributed by atoms with Gasteiger partial charge in [-0.1, -0.05) is 31.5 Å². The summed E-state index contributed by atoms with van der Waals surface area (Å²) in [5.74, 6) is 0.878. The van der Waals surface area contributed by atoms with E-state index in [1.54, 1.807) is 12.1 Å². The minimum Gasteiger partial charge on any atom is -0.701 e. The van der Waals surface area contributed by atoms with Crippen LogP contribution in [0.2, 0.25) is 0 Å². The van der Waals surface area contributed by atoms with Crippen LogP contribution in [0.15, 0.2) is 29.8 Å². The Morgan fingerprint density at radius 2 is 1.83 bits per heavy atom. The maximum atomic E-state index is 12.1. The number of hydrogen-bond acceptors (Lipinski definition) is 5. The summed E-state index contributed by atoms with van der Waals surface area (Å²) in [4.78, 5) is 29.2. The minimum atomic E-state index is -0.647. The van der Waals surface area contributed by atoms with Gasteiger partial charge in [0.1, 0.15) is 6.04 Å². The largest absolute Gasteiger partial charge is 0.701 e. The Balaban J connectivity index is -0.000000219. The van der Waals surface area contributed by atoms with E-state index in [4.69, 9.17) is 5.73 Å². The van der Waals surface area contributed by atoms with Crippen molar-refractivity contribution in [1.29, 1.82) is 0 Å². The Kier molecular flexibility index (Phi) is 33.5.